The highest BCUT2D eigenvalue weighted by atomic mass is 32.2. The van der Waals surface area contributed by atoms with E-state index < -0.39 is 0 Å². The van der Waals surface area contributed by atoms with Crippen molar-refractivity contribution < 1.29 is 9.21 Å². The molecular weight excluding hydrogens is 408 g/mol. The zero-order valence-electron chi connectivity index (χ0n) is 17.6. The van der Waals surface area contributed by atoms with Gasteiger partial charge in [-0.25, -0.2) is 0 Å². The van der Waals surface area contributed by atoms with Gasteiger partial charge in [-0.3, -0.25) is 9.36 Å². The molecule has 4 aromatic rings. The van der Waals surface area contributed by atoms with Gasteiger partial charge < -0.3 is 8.98 Å². The average Bonchev–Trinajstić information content (AvgIpc) is 3.18. The van der Waals surface area contributed by atoms with Crippen LogP contribution in [0.4, 0.5) is 0 Å². The molecule has 0 aliphatic heterocycles. The van der Waals surface area contributed by atoms with Crippen LogP contribution in [0.3, 0.4) is 0 Å². The molecule has 1 aromatic carbocycles. The Morgan fingerprint density at radius 3 is 2.65 bits per heavy atom. The van der Waals surface area contributed by atoms with Crippen molar-refractivity contribution in [2.45, 2.75) is 44.4 Å². The molecule has 5 rings (SSSR count). The number of hydrogen-bond donors (Lipinski definition) is 0. The summed E-state index contributed by atoms with van der Waals surface area (Å²) in [6.07, 6.45) is 4.04. The van der Waals surface area contributed by atoms with Gasteiger partial charge in [0.1, 0.15) is 0 Å². The van der Waals surface area contributed by atoms with Gasteiger partial charge in [-0.2, -0.15) is 0 Å². The van der Waals surface area contributed by atoms with Gasteiger partial charge in [-0.1, -0.05) is 42.1 Å². The number of ketones is 1. The molecule has 7 heteroatoms. The molecule has 1 aliphatic carbocycles. The largest absolute Gasteiger partial charge is 0.461 e. The highest BCUT2D eigenvalue weighted by molar-refractivity contribution is 7.99. The normalized spacial score (nSPS) is 13.6. The maximum Gasteiger partial charge on any atom is 0.200 e. The van der Waals surface area contributed by atoms with Crippen molar-refractivity contribution in [3.05, 3.63) is 77.3 Å². The summed E-state index contributed by atoms with van der Waals surface area (Å²) in [5.74, 6) is 1.77. The third kappa shape index (κ3) is 3.97. The van der Waals surface area contributed by atoms with Crippen molar-refractivity contribution in [2.24, 2.45) is 0 Å². The van der Waals surface area contributed by atoms with Crippen LogP contribution in [0.2, 0.25) is 0 Å². The number of Topliss-reactive ketones (excluding diaryl/α,β-unsaturated/α-hetero) is 1. The molecular formula is C24H24N4O2S. The molecule has 3 aromatic heterocycles. The Bertz CT molecular complexity index is 1200. The molecule has 0 spiro atoms. The van der Waals surface area contributed by atoms with Crippen molar-refractivity contribution in [2.75, 3.05) is 5.75 Å². The van der Waals surface area contributed by atoms with Crippen LogP contribution in [0.1, 0.15) is 46.2 Å². The minimum atomic E-state index is 0.124. The summed E-state index contributed by atoms with van der Waals surface area (Å²) in [6, 6.07) is 16.5. The predicted octanol–water partition coefficient (Wildman–Crippen LogP) is 5.31. The van der Waals surface area contributed by atoms with Crippen molar-refractivity contribution in [3.8, 4) is 11.6 Å². The molecule has 0 bridgehead atoms. The van der Waals surface area contributed by atoms with E-state index in [1.54, 1.807) is 6.26 Å². The quantitative estimate of drug-likeness (QED) is 0.279. The molecule has 31 heavy (non-hydrogen) atoms. The number of hydrogen-bond acceptors (Lipinski definition) is 5. The number of carbonyl (C=O) groups is 1. The molecule has 1 fully saturated rings. The third-order valence-electron chi connectivity index (χ3n) is 5.67. The molecule has 1 aliphatic rings. The van der Waals surface area contributed by atoms with Crippen LogP contribution < -0.4 is 0 Å². The number of benzene rings is 1. The van der Waals surface area contributed by atoms with Gasteiger partial charge in [0.2, 0.25) is 5.82 Å². The average molecular weight is 433 g/mol. The Balaban J connectivity index is 1.39. The Kier molecular flexibility index (Phi) is 5.28. The number of thioether (sulfide) groups is 1. The van der Waals surface area contributed by atoms with E-state index in [1.807, 2.05) is 41.0 Å². The third-order valence-corrected chi connectivity index (χ3v) is 6.64. The van der Waals surface area contributed by atoms with E-state index in [-0.39, 0.29) is 5.78 Å². The van der Waals surface area contributed by atoms with Gasteiger partial charge in [0.25, 0.3) is 0 Å². The standard InChI is InChI=1S/C24H24N4O2S/c1-16-13-20(17(2)28(16)19-10-11-19)21(29)15-31-24-26-25-23(22-9-6-12-30-22)27(24)14-18-7-4-3-5-8-18/h3-9,12-13,19H,10-11,14-15H2,1-2H3. The van der Waals surface area contributed by atoms with Crippen molar-refractivity contribution in [3.63, 3.8) is 0 Å². The molecule has 6 nitrogen and oxygen atoms in total. The summed E-state index contributed by atoms with van der Waals surface area (Å²) < 4.78 is 9.89. The SMILES string of the molecule is Cc1cc(C(=O)CSc2nnc(-c3ccco3)n2Cc2ccccc2)c(C)n1C1CC1. The fourth-order valence-electron chi connectivity index (χ4n) is 4.05. The lowest BCUT2D eigenvalue weighted by atomic mass is 10.2. The minimum absolute atomic E-state index is 0.124. The van der Waals surface area contributed by atoms with E-state index in [1.165, 1.54) is 30.3 Å². The minimum Gasteiger partial charge on any atom is -0.461 e. The van der Waals surface area contributed by atoms with E-state index in [9.17, 15) is 4.79 Å². The van der Waals surface area contributed by atoms with Crippen molar-refractivity contribution >= 4 is 17.5 Å². The maximum atomic E-state index is 13.0. The van der Waals surface area contributed by atoms with Gasteiger partial charge in [-0.05, 0) is 50.5 Å². The second kappa shape index (κ2) is 8.23. The first-order valence-corrected chi connectivity index (χ1v) is 11.5. The van der Waals surface area contributed by atoms with Gasteiger partial charge in [0.05, 0.1) is 18.6 Å². The second-order valence-corrected chi connectivity index (χ2v) is 8.90. The van der Waals surface area contributed by atoms with Crippen LogP contribution in [0, 0.1) is 13.8 Å². The molecule has 0 atom stereocenters. The number of aryl methyl sites for hydroxylation is 1. The maximum absolute atomic E-state index is 13.0. The second-order valence-electron chi connectivity index (χ2n) is 7.95. The molecule has 0 amide bonds. The van der Waals surface area contributed by atoms with E-state index in [0.717, 1.165) is 16.8 Å². The van der Waals surface area contributed by atoms with Crippen LogP contribution in [0.25, 0.3) is 11.6 Å². The molecule has 3 heterocycles. The van der Waals surface area contributed by atoms with E-state index in [4.69, 9.17) is 4.42 Å². The Morgan fingerprint density at radius 1 is 1.13 bits per heavy atom. The summed E-state index contributed by atoms with van der Waals surface area (Å²) in [7, 11) is 0. The Morgan fingerprint density at radius 2 is 1.94 bits per heavy atom. The lowest BCUT2D eigenvalue weighted by Gasteiger charge is -2.09. The molecule has 158 valence electrons. The monoisotopic (exact) mass is 432 g/mol. The zero-order chi connectivity index (χ0) is 21.4. The zero-order valence-corrected chi connectivity index (χ0v) is 18.4. The summed E-state index contributed by atoms with van der Waals surface area (Å²) in [5, 5.41) is 9.44. The highest BCUT2D eigenvalue weighted by Gasteiger charge is 2.28. The molecule has 1 saturated carbocycles. The van der Waals surface area contributed by atoms with E-state index in [0.29, 0.717) is 35.1 Å². The summed E-state index contributed by atoms with van der Waals surface area (Å²) >= 11 is 1.42. The topological polar surface area (TPSA) is 65.8 Å². The fourth-order valence-corrected chi connectivity index (χ4v) is 4.88. The smallest absolute Gasteiger partial charge is 0.200 e. The van der Waals surface area contributed by atoms with Crippen LogP contribution in [-0.4, -0.2) is 30.9 Å². The number of nitrogens with zero attached hydrogens (tertiary/aromatic N) is 4. The van der Waals surface area contributed by atoms with Crippen molar-refractivity contribution in [1.82, 2.24) is 19.3 Å². The first-order chi connectivity index (χ1) is 15.1. The van der Waals surface area contributed by atoms with Crippen LogP contribution in [0.5, 0.6) is 0 Å². The fraction of sp³-hybridized carbons (Fsp3) is 0.292. The molecule has 0 saturated heterocycles. The first-order valence-electron chi connectivity index (χ1n) is 10.5. The van der Waals surface area contributed by atoms with E-state index >= 15 is 0 Å². The number of aromatic nitrogens is 4. The van der Waals surface area contributed by atoms with E-state index in [2.05, 4.69) is 40.7 Å². The van der Waals surface area contributed by atoms with Gasteiger partial charge in [0.15, 0.2) is 16.7 Å². The van der Waals surface area contributed by atoms with Crippen LogP contribution in [0.15, 0.2) is 64.4 Å². The summed E-state index contributed by atoms with van der Waals surface area (Å²) in [4.78, 5) is 13.0. The first kappa shape index (κ1) is 19.9. The Labute approximate surface area is 185 Å². The molecule has 0 radical (unpaired) electrons. The highest BCUT2D eigenvalue weighted by Crippen LogP contribution is 2.38. The number of carbonyl (C=O) groups excluding carboxylic acids is 1. The van der Waals surface area contributed by atoms with Gasteiger partial charge in [-0.15, -0.1) is 10.2 Å². The molecule has 0 N–H and O–H groups in total. The van der Waals surface area contributed by atoms with Gasteiger partial charge >= 0.3 is 0 Å². The lowest BCUT2D eigenvalue weighted by molar-refractivity contribution is 0.102. The van der Waals surface area contributed by atoms with Crippen LogP contribution in [-0.2, 0) is 6.54 Å². The Hall–Kier alpha value is -3.06. The van der Waals surface area contributed by atoms with Crippen molar-refractivity contribution in [1.29, 1.82) is 0 Å². The summed E-state index contributed by atoms with van der Waals surface area (Å²) in [5.41, 5.74) is 4.20. The van der Waals surface area contributed by atoms with Gasteiger partial charge in [0, 0.05) is 23.0 Å². The predicted molar refractivity (Wildman–Crippen MR) is 120 cm³/mol. The number of furan rings is 1. The summed E-state index contributed by atoms with van der Waals surface area (Å²) in [6.45, 7) is 4.74. The van der Waals surface area contributed by atoms with Crippen LogP contribution >= 0.6 is 11.8 Å². The number of rotatable bonds is 8. The molecule has 0 unspecified atom stereocenters. The lowest BCUT2D eigenvalue weighted by Crippen LogP contribution is -2.08.